The highest BCUT2D eigenvalue weighted by Gasteiger charge is 2.26. The van der Waals surface area contributed by atoms with Gasteiger partial charge in [0.2, 0.25) is 11.7 Å². The van der Waals surface area contributed by atoms with E-state index in [2.05, 4.69) is 21.7 Å². The van der Waals surface area contributed by atoms with Gasteiger partial charge in [-0.25, -0.2) is 15.0 Å². The first-order chi connectivity index (χ1) is 17.5. The van der Waals surface area contributed by atoms with Crippen molar-refractivity contribution < 1.29 is 0 Å². The second-order valence-corrected chi connectivity index (χ2v) is 9.18. The molecule has 1 aliphatic rings. The number of aromatic nitrogens is 7. The zero-order valence-electron chi connectivity index (χ0n) is 20.3. The maximum Gasteiger partial charge on any atom is 0.281 e. The van der Waals surface area contributed by atoms with Crippen molar-refractivity contribution in [2.75, 3.05) is 18.0 Å². The van der Waals surface area contributed by atoms with E-state index >= 15 is 0 Å². The average molecular weight is 482 g/mol. The maximum absolute atomic E-state index is 14.0. The molecule has 1 saturated heterocycles. The Balaban J connectivity index is 1.56. The molecule has 1 atom stereocenters. The predicted octanol–water partition coefficient (Wildman–Crippen LogP) is 2.10. The number of piperidine rings is 1. The number of rotatable bonds is 4. The zero-order valence-corrected chi connectivity index (χ0v) is 20.3. The third kappa shape index (κ3) is 3.60. The van der Waals surface area contributed by atoms with Crippen molar-refractivity contribution in [3.05, 3.63) is 58.5 Å². The van der Waals surface area contributed by atoms with Crippen LogP contribution < -0.4 is 16.2 Å². The minimum Gasteiger partial charge on any atom is -0.341 e. The van der Waals surface area contributed by atoms with Gasteiger partial charge in [-0.05, 0) is 32.8 Å². The molecule has 0 amide bonds. The van der Waals surface area contributed by atoms with E-state index < -0.39 is 0 Å². The summed E-state index contributed by atoms with van der Waals surface area (Å²) >= 11 is 0. The molecular weight excluding hydrogens is 454 g/mol. The normalized spacial score (nSPS) is 16.1. The second-order valence-electron chi connectivity index (χ2n) is 9.18. The molecule has 36 heavy (non-hydrogen) atoms. The van der Waals surface area contributed by atoms with Gasteiger partial charge in [0.05, 0.1) is 18.6 Å². The third-order valence-corrected chi connectivity index (χ3v) is 6.76. The van der Waals surface area contributed by atoms with Crippen molar-refractivity contribution in [3.63, 3.8) is 0 Å². The number of aryl methyl sites for hydroxylation is 1. The van der Waals surface area contributed by atoms with Crippen LogP contribution in [-0.2, 0) is 13.1 Å². The van der Waals surface area contributed by atoms with E-state index in [0.29, 0.717) is 41.8 Å². The predicted molar refractivity (Wildman–Crippen MR) is 139 cm³/mol. The summed E-state index contributed by atoms with van der Waals surface area (Å²) in [5.74, 6) is 7.83. The van der Waals surface area contributed by atoms with Crippen molar-refractivity contribution in [2.24, 2.45) is 5.73 Å². The van der Waals surface area contributed by atoms with E-state index in [1.165, 1.54) is 0 Å². The van der Waals surface area contributed by atoms with E-state index in [4.69, 9.17) is 20.7 Å². The quantitative estimate of drug-likeness (QED) is 0.391. The van der Waals surface area contributed by atoms with Gasteiger partial charge in [-0.3, -0.25) is 18.3 Å². The first-order valence-electron chi connectivity index (χ1n) is 12.1. The topological polar surface area (TPSA) is 112 Å². The Morgan fingerprint density at radius 1 is 1.17 bits per heavy atom. The van der Waals surface area contributed by atoms with Crippen LogP contribution in [0.5, 0.6) is 0 Å². The molecule has 0 aliphatic carbocycles. The van der Waals surface area contributed by atoms with Crippen LogP contribution in [0.4, 0.5) is 5.95 Å². The summed E-state index contributed by atoms with van der Waals surface area (Å²) in [7, 11) is 0. The minimum absolute atomic E-state index is 0.0717. The van der Waals surface area contributed by atoms with E-state index in [1.54, 1.807) is 17.7 Å². The van der Waals surface area contributed by atoms with Crippen LogP contribution in [0.1, 0.15) is 31.3 Å². The van der Waals surface area contributed by atoms with Gasteiger partial charge < -0.3 is 10.6 Å². The average Bonchev–Trinajstić information content (AvgIpc) is 3.51. The lowest BCUT2D eigenvalue weighted by molar-refractivity contribution is 0.496. The highest BCUT2D eigenvalue weighted by atomic mass is 16.1. The van der Waals surface area contributed by atoms with Gasteiger partial charge in [0.25, 0.3) is 5.56 Å². The summed E-state index contributed by atoms with van der Waals surface area (Å²) in [6, 6.07) is 7.95. The third-order valence-electron chi connectivity index (χ3n) is 6.76. The largest absolute Gasteiger partial charge is 0.341 e. The highest BCUT2D eigenvalue weighted by Crippen LogP contribution is 2.24. The van der Waals surface area contributed by atoms with E-state index in [9.17, 15) is 4.79 Å². The Morgan fingerprint density at radius 3 is 2.86 bits per heavy atom. The van der Waals surface area contributed by atoms with Crippen LogP contribution in [0.2, 0.25) is 0 Å². The number of anilines is 1. The van der Waals surface area contributed by atoms with Gasteiger partial charge in [-0.2, -0.15) is 4.98 Å². The molecule has 5 heterocycles. The van der Waals surface area contributed by atoms with E-state index in [1.807, 2.05) is 46.4 Å². The number of para-hydroxylation sites is 1. The maximum atomic E-state index is 14.0. The Morgan fingerprint density at radius 2 is 2.03 bits per heavy atom. The molecule has 5 aromatic rings. The number of nitrogens with two attached hydrogens (primary N) is 1. The Labute approximate surface area is 207 Å². The molecule has 0 saturated carbocycles. The summed E-state index contributed by atoms with van der Waals surface area (Å²) in [5.41, 5.74) is 8.83. The lowest BCUT2D eigenvalue weighted by Crippen LogP contribution is -2.44. The number of nitrogens with zero attached hydrogens (tertiary/aromatic N) is 8. The van der Waals surface area contributed by atoms with Crippen molar-refractivity contribution in [1.29, 1.82) is 0 Å². The molecule has 2 N–H and O–H groups in total. The van der Waals surface area contributed by atoms with Gasteiger partial charge in [0, 0.05) is 42.6 Å². The lowest BCUT2D eigenvalue weighted by Gasteiger charge is -2.31. The Kier molecular flexibility index (Phi) is 5.42. The molecule has 0 spiro atoms. The smallest absolute Gasteiger partial charge is 0.281 e. The van der Waals surface area contributed by atoms with Gasteiger partial charge in [-0.1, -0.05) is 24.1 Å². The number of fused-ring (bicyclic) bond motifs is 4. The summed E-state index contributed by atoms with van der Waals surface area (Å²) in [4.78, 5) is 35.0. The van der Waals surface area contributed by atoms with Crippen LogP contribution in [-0.4, -0.2) is 52.6 Å². The number of imidazole rings is 2. The van der Waals surface area contributed by atoms with Crippen molar-refractivity contribution in [3.8, 4) is 11.8 Å². The van der Waals surface area contributed by atoms with Crippen molar-refractivity contribution >= 4 is 33.8 Å². The second kappa shape index (κ2) is 8.77. The number of hydrogen-bond acceptors (Lipinski definition) is 7. The fourth-order valence-corrected chi connectivity index (χ4v) is 5.08. The number of hydrogen-bond donors (Lipinski definition) is 1. The van der Waals surface area contributed by atoms with E-state index in [0.717, 1.165) is 36.0 Å². The van der Waals surface area contributed by atoms with Crippen LogP contribution in [0, 0.1) is 18.8 Å². The van der Waals surface area contributed by atoms with Gasteiger partial charge in [-0.15, -0.1) is 5.92 Å². The van der Waals surface area contributed by atoms with Crippen molar-refractivity contribution in [2.45, 2.75) is 45.8 Å². The standard InChI is InChI=1S/C26H27N9O/c1-3-4-13-33-22-23(31-26(33)32-12-7-8-18(27)15-32)34-14-11-28-25(34)35(24(22)36)16-21-29-17(2)19-9-5-6-10-20(19)30-21/h5-6,9-11,14,18H,7-8,12-13,15-16,27H2,1-2H3/t18-/m1/s1. The Hall–Kier alpha value is -4.23. The Bertz CT molecular complexity index is 1730. The van der Waals surface area contributed by atoms with Gasteiger partial charge in [0.1, 0.15) is 5.82 Å². The van der Waals surface area contributed by atoms with Crippen LogP contribution in [0.15, 0.2) is 41.5 Å². The van der Waals surface area contributed by atoms with Crippen LogP contribution in [0.25, 0.3) is 27.8 Å². The lowest BCUT2D eigenvalue weighted by atomic mass is 10.1. The summed E-state index contributed by atoms with van der Waals surface area (Å²) in [5, 5.41) is 0.996. The molecule has 1 fully saturated rings. The van der Waals surface area contributed by atoms with Gasteiger partial charge >= 0.3 is 0 Å². The molecule has 6 rings (SSSR count). The fraction of sp³-hybridized carbons (Fsp3) is 0.346. The summed E-state index contributed by atoms with van der Waals surface area (Å²) in [6.45, 7) is 5.82. The molecule has 0 unspecified atom stereocenters. The molecular formula is C26H27N9O. The molecule has 1 aliphatic heterocycles. The molecule has 1 aromatic carbocycles. The van der Waals surface area contributed by atoms with E-state index in [-0.39, 0.29) is 18.1 Å². The number of benzene rings is 1. The van der Waals surface area contributed by atoms with Crippen LogP contribution >= 0.6 is 0 Å². The summed E-state index contributed by atoms with van der Waals surface area (Å²) < 4.78 is 5.39. The molecule has 0 radical (unpaired) electrons. The van der Waals surface area contributed by atoms with Gasteiger partial charge in [0.15, 0.2) is 11.2 Å². The highest BCUT2D eigenvalue weighted by molar-refractivity contribution is 5.80. The fourth-order valence-electron chi connectivity index (χ4n) is 5.08. The summed E-state index contributed by atoms with van der Waals surface area (Å²) in [6.07, 6.45) is 5.47. The minimum atomic E-state index is -0.198. The monoisotopic (exact) mass is 481 g/mol. The molecule has 10 nitrogen and oxygen atoms in total. The molecule has 4 aromatic heterocycles. The van der Waals surface area contributed by atoms with Crippen LogP contribution in [0.3, 0.4) is 0 Å². The molecule has 0 bridgehead atoms. The molecule has 182 valence electrons. The SMILES string of the molecule is CC#CCn1c(N2CCC[C@@H](N)C2)nc2c1c(=O)n(Cc1nc(C)c3ccccc3n1)c1nccn21. The first-order valence-corrected chi connectivity index (χ1v) is 12.1. The molecule has 10 heteroatoms. The zero-order chi connectivity index (χ0) is 24.8. The van der Waals surface area contributed by atoms with Crippen molar-refractivity contribution in [1.82, 2.24) is 33.5 Å². The first kappa shape index (κ1) is 22.2.